The number of methoxy groups -OCH3 is 2. The van der Waals surface area contributed by atoms with Gasteiger partial charge in [0.25, 0.3) is 0 Å². The fraction of sp³-hybridized carbons (Fsp3) is 0.662. The number of anilines is 1. The molecule has 12 amide bonds. The van der Waals surface area contributed by atoms with E-state index in [4.69, 9.17) is 54.3 Å². The van der Waals surface area contributed by atoms with Gasteiger partial charge in [-0.15, -0.1) is 11.8 Å². The third kappa shape index (κ3) is 34.4. The van der Waals surface area contributed by atoms with Crippen molar-refractivity contribution in [2.45, 2.75) is 153 Å². The molecule has 2 aliphatic heterocycles. The van der Waals surface area contributed by atoms with Gasteiger partial charge in [0.05, 0.1) is 134 Å². The number of nitrogens with one attached hydrogen (secondary N) is 8. The number of ether oxygens (including phenoxy) is 9. The molecular weight excluding hydrogens is 1450 g/mol. The Hall–Kier alpha value is -8.46. The first-order valence-corrected chi connectivity index (χ1v) is 38.3. The second-order valence-corrected chi connectivity index (χ2v) is 28.0. The fourth-order valence-corrected chi connectivity index (χ4v) is 13.4. The summed E-state index contributed by atoms with van der Waals surface area (Å²) in [6.45, 7) is 12.8. The number of hydrogen-bond acceptors (Lipinski definition) is 24. The number of likely N-dealkylation sites (N-methyl/N-ethyl adjacent to an activating group) is 3. The largest absolute Gasteiger partial charge is 0.447 e. The monoisotopic (exact) mass is 1570 g/mol. The number of nitrogens with zero attached hydrogens (tertiary/aromatic N) is 4. The van der Waals surface area contributed by atoms with Crippen LogP contribution in [-0.2, 0) is 98.9 Å². The zero-order chi connectivity index (χ0) is 80.9. The Morgan fingerprint density at radius 2 is 1.30 bits per heavy atom. The van der Waals surface area contributed by atoms with Crippen LogP contribution in [0.2, 0.25) is 0 Å². The molecule has 0 radical (unpaired) electrons. The molecule has 11 atom stereocenters. The van der Waals surface area contributed by atoms with Crippen molar-refractivity contribution in [1.82, 2.24) is 56.8 Å². The second kappa shape index (κ2) is 52.7. The zero-order valence-electron chi connectivity index (χ0n) is 65.6. The average molecular weight is 1570 g/mol. The molecule has 110 heavy (non-hydrogen) atoms. The number of amides is 12. The predicted octanol–water partition coefficient (Wildman–Crippen LogP) is 2.10. The van der Waals surface area contributed by atoms with E-state index in [9.17, 15) is 52.7 Å². The Labute approximate surface area is 650 Å². The first-order chi connectivity index (χ1) is 52.7. The lowest BCUT2D eigenvalue weighted by atomic mass is 9.90. The Morgan fingerprint density at radius 3 is 1.91 bits per heavy atom. The number of carbonyl (C=O) groups excluding carboxylic acids is 11. The fourth-order valence-electron chi connectivity index (χ4n) is 12.4. The van der Waals surface area contributed by atoms with Gasteiger partial charge in [-0.1, -0.05) is 83.5 Å². The van der Waals surface area contributed by atoms with Crippen LogP contribution < -0.4 is 54.2 Å². The van der Waals surface area contributed by atoms with Crippen LogP contribution in [0.5, 0.6) is 0 Å². The van der Waals surface area contributed by atoms with E-state index in [1.807, 2.05) is 69.8 Å². The number of nitrogens with two attached hydrogens (primary N) is 2. The van der Waals surface area contributed by atoms with Crippen molar-refractivity contribution in [2.24, 2.45) is 29.4 Å². The van der Waals surface area contributed by atoms with E-state index in [-0.39, 0.29) is 154 Å². The van der Waals surface area contributed by atoms with E-state index in [2.05, 4.69) is 52.3 Å². The molecule has 0 saturated carbocycles. The van der Waals surface area contributed by atoms with Crippen molar-refractivity contribution in [1.29, 1.82) is 0 Å². The normalized spacial score (nSPS) is 16.4. The van der Waals surface area contributed by atoms with Crippen LogP contribution >= 0.6 is 11.8 Å². The molecule has 0 aromatic heterocycles. The van der Waals surface area contributed by atoms with E-state index in [1.54, 1.807) is 68.9 Å². The first-order valence-electron chi connectivity index (χ1n) is 37.3. The minimum atomic E-state index is -1.11. The molecule has 35 nitrogen and oxygen atoms in total. The van der Waals surface area contributed by atoms with E-state index in [0.29, 0.717) is 43.5 Å². The molecule has 0 aliphatic carbocycles. The molecule has 2 aliphatic rings. The van der Waals surface area contributed by atoms with Gasteiger partial charge < -0.3 is 110 Å². The number of thioether (sulfide) groups is 1. The number of primary amides is 1. The lowest BCUT2D eigenvalue weighted by molar-refractivity contribution is -0.146. The van der Waals surface area contributed by atoms with Crippen LogP contribution in [0.1, 0.15) is 97.6 Å². The van der Waals surface area contributed by atoms with Crippen LogP contribution in [0.25, 0.3) is 0 Å². The minimum absolute atomic E-state index is 0.0149. The highest BCUT2D eigenvalue weighted by Gasteiger charge is 2.43. The Kier molecular flexibility index (Phi) is 45.0. The van der Waals surface area contributed by atoms with Gasteiger partial charge in [-0.2, -0.15) is 0 Å². The molecule has 0 bridgehead atoms. The molecule has 0 spiro atoms. The summed E-state index contributed by atoms with van der Waals surface area (Å²) in [5, 5.41) is 23.4. The van der Waals surface area contributed by atoms with Gasteiger partial charge in [-0.05, 0) is 79.5 Å². The molecule has 2 aromatic carbocycles. The topological polar surface area (TPSA) is 441 Å². The van der Waals surface area contributed by atoms with Crippen LogP contribution in [0.3, 0.4) is 0 Å². The summed E-state index contributed by atoms with van der Waals surface area (Å²) >= 11 is 1.65. The average Bonchev–Trinajstić information content (AvgIpc) is 1.59. The van der Waals surface area contributed by atoms with Gasteiger partial charge in [0.2, 0.25) is 47.3 Å². The molecular formula is C74H120N14O21S. The highest BCUT2D eigenvalue weighted by Crippen LogP contribution is 2.32. The summed E-state index contributed by atoms with van der Waals surface area (Å²) in [4.78, 5) is 156. The Bertz CT molecular complexity index is 3170. The van der Waals surface area contributed by atoms with Crippen LogP contribution in [0.15, 0.2) is 66.2 Å². The van der Waals surface area contributed by atoms with Crippen LogP contribution in [-0.4, -0.2) is 286 Å². The number of carbonyl (C=O) groups is 11. The minimum Gasteiger partial charge on any atom is -0.447 e. The van der Waals surface area contributed by atoms with E-state index >= 15 is 0 Å². The van der Waals surface area contributed by atoms with Crippen molar-refractivity contribution < 1.29 is 100 Å². The summed E-state index contributed by atoms with van der Waals surface area (Å²) in [5.41, 5.74) is 7.16. The van der Waals surface area contributed by atoms with E-state index < -0.39 is 121 Å². The summed E-state index contributed by atoms with van der Waals surface area (Å²) in [5.74, 6) is 0.131. The van der Waals surface area contributed by atoms with Gasteiger partial charge in [0, 0.05) is 73.3 Å². The predicted molar refractivity (Wildman–Crippen MR) is 409 cm³/mol. The first kappa shape index (κ1) is 93.9. The summed E-state index contributed by atoms with van der Waals surface area (Å²) < 4.78 is 49.8. The molecule has 36 heteroatoms. The van der Waals surface area contributed by atoms with Gasteiger partial charge in [0.15, 0.2) is 0 Å². The van der Waals surface area contributed by atoms with Crippen molar-refractivity contribution >= 4 is 82.9 Å². The maximum Gasteiger partial charge on any atom is 0.410 e. The number of likely N-dealkylation sites (tertiary alicyclic amines) is 1. The number of urea groups is 1. The molecule has 618 valence electrons. The van der Waals surface area contributed by atoms with Crippen molar-refractivity contribution in [3.63, 3.8) is 0 Å². The summed E-state index contributed by atoms with van der Waals surface area (Å²) in [7, 11) is 8.09. The van der Waals surface area contributed by atoms with Crippen LogP contribution in [0, 0.1) is 17.8 Å². The van der Waals surface area contributed by atoms with Gasteiger partial charge in [-0.25, -0.2) is 20.3 Å². The summed E-state index contributed by atoms with van der Waals surface area (Å²) in [6.07, 6.45) is 1.82. The SMILES string of the molecule is CC[C@H](C)C([C@@H](CC(=O)N1CCC[C@H]1[C@H](OC)[C@@H](C)C(=O)N[C@@H](Cc1ccccc1)C1SC=CN1C)OC)N(C)C(=O)CNC(=O)[C@H](C(C)C)N(C)C(=O)OCc1ccc(NC(=O)[C@H](CCCNC(N)=O)NC(=O)CNC(=O)CCOCCOCCOCCOCCOC(=O)N[C@@H](C)C(=O)NCCOCCON)cc1. The third-order valence-electron chi connectivity index (χ3n) is 18.5. The Balaban J connectivity index is 1.17. The van der Waals surface area contributed by atoms with Gasteiger partial charge in [-0.3, -0.25) is 43.3 Å². The highest BCUT2D eigenvalue weighted by atomic mass is 32.2. The third-order valence-corrected chi connectivity index (χ3v) is 19.7. The molecule has 12 N–H and O–H groups in total. The van der Waals surface area contributed by atoms with Gasteiger partial charge in [0.1, 0.15) is 31.3 Å². The van der Waals surface area contributed by atoms with E-state index in [1.165, 1.54) is 26.0 Å². The lowest BCUT2D eigenvalue weighted by Gasteiger charge is -2.39. The van der Waals surface area contributed by atoms with Crippen molar-refractivity contribution in [2.75, 3.05) is 153 Å². The molecule has 2 unspecified atom stereocenters. The second-order valence-electron chi connectivity index (χ2n) is 27.0. The van der Waals surface area contributed by atoms with Gasteiger partial charge >= 0.3 is 18.2 Å². The maximum absolute atomic E-state index is 14.5. The van der Waals surface area contributed by atoms with E-state index in [0.717, 1.165) is 10.5 Å². The molecule has 1 fully saturated rings. The molecule has 1 saturated heterocycles. The van der Waals surface area contributed by atoms with Crippen molar-refractivity contribution in [3.8, 4) is 0 Å². The highest BCUT2D eigenvalue weighted by molar-refractivity contribution is 8.02. The number of rotatable bonds is 54. The maximum atomic E-state index is 14.5. The quantitative estimate of drug-likeness (QED) is 0.0335. The number of hydrogen-bond donors (Lipinski definition) is 10. The Morgan fingerprint density at radius 1 is 0.655 bits per heavy atom. The molecule has 4 rings (SSSR count). The lowest BCUT2D eigenvalue weighted by Crippen LogP contribution is -2.56. The number of benzene rings is 2. The smallest absolute Gasteiger partial charge is 0.410 e. The van der Waals surface area contributed by atoms with Crippen LogP contribution in [0.4, 0.5) is 20.1 Å². The standard InChI is InChI=1S/C74H120N14O21S/c1-12-50(4)65(59(100-10)45-62(91)88-29-17-21-58(88)66(101-11)51(5)67(93)84-57(71-85(7)30-43-110-71)44-53-18-14-13-15-19-53)86(8)63(92)47-80-70(96)64(49(2)3)87(9)74(99)108-48-54-22-24-55(25-23-54)82-69(95)56(20-16-27-78-72(75)97)83-61(90)46-79-60(89)26-31-102-33-34-104-35-36-105-37-38-106-39-41-107-73(98)81-52(6)68(94)77-28-32-103-40-42-109-76/h13-15,18-19,22-25,30,43,49-52,56-59,64-66,71H,12,16-17,20-21,26-29,31-42,44-48,76H2,1-11H3,(H,77,94)(H,79,89)(H,80,96)(H,81,98)(H,82,95)(H,83,90)(H,84,93)(H3,75,78,97)/t50-,51+,52-,56-,57-,58-,59+,64-,65?,66+,71?/m0/s1. The van der Waals surface area contributed by atoms with Crippen molar-refractivity contribution in [3.05, 3.63) is 77.3 Å². The zero-order valence-corrected chi connectivity index (χ0v) is 66.4. The number of alkyl carbamates (subject to hydrolysis) is 1. The molecule has 2 heterocycles. The molecule has 2 aromatic rings. The summed E-state index contributed by atoms with van der Waals surface area (Å²) in [6, 6.07) is 11.4.